The van der Waals surface area contributed by atoms with Crippen molar-refractivity contribution >= 4 is 98.1 Å². The molecule has 3 aliphatic rings. The summed E-state index contributed by atoms with van der Waals surface area (Å²) in [6.45, 7) is 6.46. The maximum Gasteiger partial charge on any atom is 0.256 e. The smallest absolute Gasteiger partial charge is 0.256 e. The van der Waals surface area contributed by atoms with Crippen LogP contribution in [-0.2, 0) is 21.1 Å². The number of fused-ring (bicyclic) bond motifs is 15. The largest absolute Gasteiger partial charge is 0.448 e. The fourth-order valence-corrected chi connectivity index (χ4v) is 15.8. The van der Waals surface area contributed by atoms with E-state index in [-0.39, 0.29) is 0 Å². The third-order valence-corrected chi connectivity index (χ3v) is 20.8. The summed E-state index contributed by atoms with van der Waals surface area (Å²) in [4.78, 5) is 0. The van der Waals surface area contributed by atoms with E-state index >= 15 is 0 Å². The van der Waals surface area contributed by atoms with Gasteiger partial charge >= 0.3 is 0 Å². The van der Waals surface area contributed by atoms with Crippen LogP contribution < -0.4 is 13.7 Å². The lowest BCUT2D eigenvalue weighted by molar-refractivity contribution is -0.659. The number of aromatic nitrogens is 3. The van der Waals surface area contributed by atoms with Gasteiger partial charge in [0, 0.05) is 69.4 Å². The summed E-state index contributed by atoms with van der Waals surface area (Å²) < 4.78 is 44.3. The van der Waals surface area contributed by atoms with Gasteiger partial charge < -0.3 is 13.3 Å². The van der Waals surface area contributed by atoms with Gasteiger partial charge in [-0.05, 0) is 163 Å². The van der Waals surface area contributed by atoms with E-state index in [0.29, 0.717) is 0 Å². The molecule has 0 radical (unpaired) electrons. The number of aryl methyl sites for hydroxylation is 6. The molecule has 0 bridgehead atoms. The molecule has 450 valence electrons. The third kappa shape index (κ3) is 10.1. The van der Waals surface area contributed by atoms with Crippen LogP contribution in [0, 0.1) is 20.8 Å². The van der Waals surface area contributed by atoms with E-state index in [0.717, 1.165) is 162 Å². The van der Waals surface area contributed by atoms with Gasteiger partial charge in [-0.1, -0.05) is 172 Å². The van der Waals surface area contributed by atoms with Crippen molar-refractivity contribution in [2.45, 2.75) is 122 Å². The van der Waals surface area contributed by atoms with Gasteiger partial charge in [0.1, 0.15) is 37.9 Å². The standard InChI is InChI=1S/C29H28NO.2C28H26NO/c1-19-8-6-7-11-23(19)27-29-26(16-17-30(27)2)25-15-13-22-18-21(20-9-4-3-5-10-20)12-14-24(22)28(25)31-29;2*1-18-7-3-6-10-22(18)26-28-25(15-16-29(26)2)24-14-12-21-17-20(19-8-4-5-9-19)11-13-23(21)27(24)30-28/h6-8,11-18,20H,3-5,9-10H2,1-2H3;2*3,6-7,10-17,19H,4-5,8-9H2,1-2H3/q3*+1/i20D;19D;. The van der Waals surface area contributed by atoms with Crippen LogP contribution in [0.15, 0.2) is 214 Å². The molecule has 0 atom stereocenters. The van der Waals surface area contributed by atoms with Gasteiger partial charge in [0.15, 0.2) is 18.6 Å². The van der Waals surface area contributed by atoms with E-state index in [4.69, 9.17) is 16.0 Å². The van der Waals surface area contributed by atoms with Crippen LogP contribution in [-0.4, -0.2) is 0 Å². The summed E-state index contributed by atoms with van der Waals surface area (Å²) >= 11 is 0. The first-order valence-corrected chi connectivity index (χ1v) is 33.3. The van der Waals surface area contributed by atoms with Gasteiger partial charge in [0.05, 0.1) is 16.7 Å². The molecule has 91 heavy (non-hydrogen) atoms. The average molecular weight is 1190 g/mol. The van der Waals surface area contributed by atoms with Crippen LogP contribution in [0.3, 0.4) is 0 Å². The Balaban J connectivity index is 0.000000111. The fourth-order valence-electron chi connectivity index (χ4n) is 15.8. The van der Waals surface area contributed by atoms with Gasteiger partial charge in [-0.25, -0.2) is 0 Å². The lowest BCUT2D eigenvalue weighted by Gasteiger charge is -2.22. The molecule has 0 spiro atoms. The van der Waals surface area contributed by atoms with Crippen LogP contribution in [0.4, 0.5) is 0 Å². The Morgan fingerprint density at radius 1 is 0.308 bits per heavy atom. The van der Waals surface area contributed by atoms with E-state index in [9.17, 15) is 0 Å². The molecule has 6 heteroatoms. The number of hydrogen-bond acceptors (Lipinski definition) is 3. The Labute approximate surface area is 535 Å². The van der Waals surface area contributed by atoms with Crippen molar-refractivity contribution in [3.63, 3.8) is 0 Å². The highest BCUT2D eigenvalue weighted by Crippen LogP contribution is 2.45. The average Bonchev–Trinajstić information content (AvgIpc) is 1.62. The number of rotatable bonds is 6. The molecule has 0 amide bonds. The van der Waals surface area contributed by atoms with E-state index < -0.39 is 11.8 Å². The fraction of sp³-hybridized carbons (Fsp3) is 0.259. The van der Waals surface area contributed by atoms with Gasteiger partial charge in [0.2, 0.25) is 16.7 Å². The highest BCUT2D eigenvalue weighted by Gasteiger charge is 2.28. The molecule has 0 unspecified atom stereocenters. The van der Waals surface area contributed by atoms with Gasteiger partial charge in [-0.3, -0.25) is 0 Å². The van der Waals surface area contributed by atoms with E-state index in [1.807, 2.05) is 0 Å². The normalized spacial score (nSPS) is 16.1. The minimum atomic E-state index is -0.443. The Kier molecular flexibility index (Phi) is 14.1. The Bertz CT molecular complexity index is 5460. The van der Waals surface area contributed by atoms with Crippen LogP contribution in [0.25, 0.3) is 132 Å². The van der Waals surface area contributed by atoms with Crippen LogP contribution >= 0.6 is 0 Å². The topological polar surface area (TPSA) is 51.1 Å². The third-order valence-electron chi connectivity index (χ3n) is 20.8. The van der Waals surface area contributed by atoms with Gasteiger partial charge in [-0.2, -0.15) is 13.7 Å². The Morgan fingerprint density at radius 2 is 0.604 bits per heavy atom. The summed E-state index contributed by atoms with van der Waals surface area (Å²) in [6.07, 6.45) is 21.5. The number of nitrogens with zero attached hydrogens (tertiary/aromatic N) is 3. The molecule has 6 nitrogen and oxygen atoms in total. The first-order chi connectivity index (χ1) is 45.3. The zero-order valence-corrected chi connectivity index (χ0v) is 53.4. The maximum atomic E-state index is 9.03. The van der Waals surface area contributed by atoms with Crippen molar-refractivity contribution < 1.29 is 29.7 Å². The van der Waals surface area contributed by atoms with Crippen LogP contribution in [0.1, 0.15) is 137 Å². The molecule has 6 heterocycles. The number of hydrogen-bond donors (Lipinski definition) is 0. The molecular formula is C85H80N3O3+3. The van der Waals surface area contributed by atoms with E-state index in [1.54, 1.807) is 0 Å². The number of pyridine rings is 3. The SMILES string of the molecule is Cc1ccccc1-c1c2oc3c4ccc(C5CCCC5)cc4ccc3c2cc[n+]1C.[2H]C1(c2ccc3c(ccc4c5cc[n+](C)c(-c6ccccc6C)c5oc34)c2)CCCC1.[2H]C1(c2ccc3c(ccc4c5cc[n+](C)c(-c6ccccc6C)c5oc34)c2)CCCCC1. The van der Waals surface area contributed by atoms with Crippen molar-refractivity contribution in [3.05, 3.63) is 234 Å². The van der Waals surface area contributed by atoms with Crippen molar-refractivity contribution in [2.75, 3.05) is 0 Å². The van der Waals surface area contributed by atoms with Crippen molar-refractivity contribution in [1.82, 2.24) is 0 Å². The van der Waals surface area contributed by atoms with Crippen molar-refractivity contribution in [1.29, 1.82) is 0 Å². The molecule has 15 aromatic rings. The summed E-state index contributed by atoms with van der Waals surface area (Å²) in [5, 5.41) is 14.0. The molecule has 3 aliphatic carbocycles. The predicted molar refractivity (Wildman–Crippen MR) is 376 cm³/mol. The van der Waals surface area contributed by atoms with Gasteiger partial charge in [0.25, 0.3) is 17.1 Å². The molecule has 18 rings (SSSR count). The molecule has 6 aromatic heterocycles. The second-order valence-corrected chi connectivity index (χ2v) is 26.4. The molecular weight excluding hydrogens is 1110 g/mol. The lowest BCUT2D eigenvalue weighted by Crippen LogP contribution is -2.30. The minimum Gasteiger partial charge on any atom is -0.448 e. The van der Waals surface area contributed by atoms with Gasteiger partial charge in [-0.15, -0.1) is 0 Å². The first-order valence-electron chi connectivity index (χ1n) is 34.3. The summed E-state index contributed by atoms with van der Waals surface area (Å²) in [5.74, 6) is -0.142. The monoisotopic (exact) mass is 1190 g/mol. The van der Waals surface area contributed by atoms with Crippen molar-refractivity contribution in [2.24, 2.45) is 21.1 Å². The molecule has 3 fully saturated rings. The Hall–Kier alpha value is -9.39. The van der Waals surface area contributed by atoms with E-state index in [2.05, 4.69) is 256 Å². The zero-order valence-electron chi connectivity index (χ0n) is 55.4. The first kappa shape index (κ1) is 54.5. The molecule has 0 N–H and O–H groups in total. The number of furan rings is 3. The highest BCUT2D eigenvalue weighted by molar-refractivity contribution is 6.19. The molecule has 9 aromatic carbocycles. The zero-order chi connectivity index (χ0) is 63.3. The Morgan fingerprint density at radius 3 is 0.967 bits per heavy atom. The minimum absolute atomic E-state index is 0.428. The van der Waals surface area contributed by atoms with Crippen LogP contribution in [0.2, 0.25) is 0 Å². The van der Waals surface area contributed by atoms with Crippen LogP contribution in [0.5, 0.6) is 0 Å². The second kappa shape index (κ2) is 23.4. The van der Waals surface area contributed by atoms with E-state index in [1.165, 1.54) is 92.6 Å². The molecule has 0 saturated heterocycles. The summed E-state index contributed by atoms with van der Waals surface area (Å²) in [6, 6.07) is 65.3. The number of benzene rings is 9. The summed E-state index contributed by atoms with van der Waals surface area (Å²) in [5.41, 5.74) is 20.2. The van der Waals surface area contributed by atoms with Crippen molar-refractivity contribution in [3.8, 4) is 33.8 Å². The predicted octanol–water partition coefficient (Wildman–Crippen LogP) is 22.0. The quantitative estimate of drug-likeness (QED) is 0.156. The summed E-state index contributed by atoms with van der Waals surface area (Å²) in [7, 11) is 6.26. The lowest BCUT2D eigenvalue weighted by atomic mass is 9.83. The second-order valence-electron chi connectivity index (χ2n) is 26.4. The molecule has 0 aliphatic heterocycles. The maximum absolute atomic E-state index is 9.03. The molecule has 3 saturated carbocycles. The highest BCUT2D eigenvalue weighted by atomic mass is 16.3.